The molecule has 2 rings (SSSR count). The maximum Gasteiger partial charge on any atom is 0.416 e. The number of hydrogen-bond donors (Lipinski definition) is 2. The van der Waals surface area contributed by atoms with Gasteiger partial charge in [0, 0.05) is 6.07 Å². The minimum atomic E-state index is -4.64. The van der Waals surface area contributed by atoms with Crippen LogP contribution in [0.4, 0.5) is 24.5 Å². The van der Waals surface area contributed by atoms with E-state index in [-0.39, 0.29) is 24.7 Å². The van der Waals surface area contributed by atoms with Crippen LogP contribution in [0.1, 0.15) is 5.56 Å². The number of rotatable bonds is 5. The van der Waals surface area contributed by atoms with E-state index in [1.54, 1.807) is 4.90 Å². The van der Waals surface area contributed by atoms with Gasteiger partial charge in [0.05, 0.1) is 43.2 Å². The van der Waals surface area contributed by atoms with E-state index in [4.69, 9.17) is 6.42 Å². The molecular weight excluding hydrogens is 353 g/mol. The molecule has 1 amide bonds. The summed E-state index contributed by atoms with van der Waals surface area (Å²) in [5.74, 6) is 2.11. The predicted octanol–water partition coefficient (Wildman–Crippen LogP) is 0.0679. The maximum atomic E-state index is 12.8. The molecule has 1 fully saturated rings. The lowest BCUT2D eigenvalue weighted by Gasteiger charge is -2.33. The van der Waals surface area contributed by atoms with Gasteiger partial charge in [-0.1, -0.05) is 5.92 Å². The number of terminal acetylenes is 1. The molecule has 140 valence electrons. The molecule has 7 nitrogen and oxygen atoms in total. The van der Waals surface area contributed by atoms with Crippen LogP contribution in [0.25, 0.3) is 0 Å². The van der Waals surface area contributed by atoms with E-state index in [0.29, 0.717) is 32.2 Å². The van der Waals surface area contributed by atoms with Crippen molar-refractivity contribution in [3.05, 3.63) is 33.9 Å². The van der Waals surface area contributed by atoms with Crippen LogP contribution in [0.15, 0.2) is 18.2 Å². The maximum absolute atomic E-state index is 12.8. The molecule has 0 bridgehead atoms. The van der Waals surface area contributed by atoms with Crippen molar-refractivity contribution >= 4 is 17.3 Å². The van der Waals surface area contributed by atoms with Gasteiger partial charge in [-0.15, -0.1) is 6.42 Å². The summed E-state index contributed by atoms with van der Waals surface area (Å²) >= 11 is 0. The lowest BCUT2D eigenvalue weighted by Crippen LogP contribution is -3.15. The summed E-state index contributed by atoms with van der Waals surface area (Å²) in [7, 11) is 0. The van der Waals surface area contributed by atoms with E-state index in [9.17, 15) is 28.1 Å². The molecule has 10 heteroatoms. The van der Waals surface area contributed by atoms with E-state index < -0.39 is 22.4 Å². The van der Waals surface area contributed by atoms with Gasteiger partial charge in [-0.05, 0) is 12.1 Å². The number of anilines is 1. The van der Waals surface area contributed by atoms with Crippen LogP contribution in [0.2, 0.25) is 0 Å². The Morgan fingerprint density at radius 1 is 1.38 bits per heavy atom. The number of nitrogens with one attached hydrogen (secondary N) is 2. The molecule has 0 aliphatic carbocycles. The molecule has 26 heavy (non-hydrogen) atoms. The third kappa shape index (κ3) is 4.86. The molecule has 0 unspecified atom stereocenters. The lowest BCUT2D eigenvalue weighted by molar-refractivity contribution is -0.892. The van der Waals surface area contributed by atoms with Crippen molar-refractivity contribution in [2.75, 3.05) is 44.2 Å². The third-order valence-corrected chi connectivity index (χ3v) is 4.11. The Morgan fingerprint density at radius 3 is 2.58 bits per heavy atom. The standard InChI is InChI=1S/C16H17F3N4O3/c1-2-5-20-15(24)11-21-6-8-22(9-7-21)13-4-3-12(16(17,18)19)10-14(13)23(25)26/h1,3-4,10H,5-9,11H2,(H,20,24)/p+1. The van der Waals surface area contributed by atoms with Gasteiger partial charge < -0.3 is 15.1 Å². The topological polar surface area (TPSA) is 79.9 Å². The molecule has 1 heterocycles. The van der Waals surface area contributed by atoms with Crippen molar-refractivity contribution in [3.63, 3.8) is 0 Å². The summed E-state index contributed by atoms with van der Waals surface area (Å²) in [6.07, 6.45) is 0.424. The summed E-state index contributed by atoms with van der Waals surface area (Å²) in [5.41, 5.74) is -1.48. The molecule has 0 spiro atoms. The number of carbonyl (C=O) groups excluding carboxylic acids is 1. The Morgan fingerprint density at radius 2 is 2.04 bits per heavy atom. The molecule has 0 atom stereocenters. The number of piperazine rings is 1. The average molecular weight is 371 g/mol. The van der Waals surface area contributed by atoms with Gasteiger partial charge in [-0.25, -0.2) is 0 Å². The van der Waals surface area contributed by atoms with Gasteiger partial charge in [0.25, 0.3) is 11.6 Å². The van der Waals surface area contributed by atoms with E-state index >= 15 is 0 Å². The Labute approximate surface area is 147 Å². The van der Waals surface area contributed by atoms with Gasteiger partial charge in [-0.2, -0.15) is 13.2 Å². The number of benzene rings is 1. The summed E-state index contributed by atoms with van der Waals surface area (Å²) in [4.78, 5) is 24.7. The Hall–Kier alpha value is -2.80. The highest BCUT2D eigenvalue weighted by Gasteiger charge is 2.34. The van der Waals surface area contributed by atoms with Crippen molar-refractivity contribution in [2.24, 2.45) is 0 Å². The Kier molecular flexibility index (Phi) is 6.05. The number of amides is 1. The molecule has 2 N–H and O–H groups in total. The normalized spacial score (nSPS) is 15.4. The smallest absolute Gasteiger partial charge is 0.355 e. The number of alkyl halides is 3. The van der Waals surface area contributed by atoms with Crippen molar-refractivity contribution in [1.82, 2.24) is 5.32 Å². The number of hydrogen-bond acceptors (Lipinski definition) is 4. The monoisotopic (exact) mass is 371 g/mol. The molecular formula is C16H18F3N4O3+. The zero-order chi connectivity index (χ0) is 19.3. The Balaban J connectivity index is 2.06. The lowest BCUT2D eigenvalue weighted by atomic mass is 10.1. The first-order valence-corrected chi connectivity index (χ1v) is 7.86. The highest BCUT2D eigenvalue weighted by Crippen LogP contribution is 2.36. The van der Waals surface area contributed by atoms with Gasteiger partial charge in [-0.3, -0.25) is 14.9 Å². The number of nitrogens with zero attached hydrogens (tertiary/aromatic N) is 2. The number of nitro benzene ring substituents is 1. The van der Waals surface area contributed by atoms with Gasteiger partial charge in [0.1, 0.15) is 5.69 Å². The van der Waals surface area contributed by atoms with E-state index in [1.165, 1.54) is 0 Å². The molecule has 0 radical (unpaired) electrons. The van der Waals surface area contributed by atoms with Crippen LogP contribution in [0.3, 0.4) is 0 Å². The largest absolute Gasteiger partial charge is 0.416 e. The number of carbonyl (C=O) groups is 1. The zero-order valence-electron chi connectivity index (χ0n) is 13.8. The van der Waals surface area contributed by atoms with Gasteiger partial charge in [0.15, 0.2) is 6.54 Å². The Bertz CT molecular complexity index is 722. The van der Waals surface area contributed by atoms with Crippen molar-refractivity contribution in [1.29, 1.82) is 0 Å². The summed E-state index contributed by atoms with van der Waals surface area (Å²) in [6, 6.07) is 2.53. The van der Waals surface area contributed by atoms with Crippen LogP contribution >= 0.6 is 0 Å². The molecule has 1 aliphatic rings. The summed E-state index contributed by atoms with van der Waals surface area (Å²) < 4.78 is 38.3. The molecule has 1 aliphatic heterocycles. The second kappa shape index (κ2) is 8.05. The van der Waals surface area contributed by atoms with Crippen molar-refractivity contribution in [2.45, 2.75) is 6.18 Å². The molecule has 0 aromatic heterocycles. The summed E-state index contributed by atoms with van der Waals surface area (Å²) in [5, 5.41) is 13.8. The first kappa shape index (κ1) is 19.5. The highest BCUT2D eigenvalue weighted by atomic mass is 19.4. The van der Waals surface area contributed by atoms with Crippen LogP contribution < -0.4 is 15.1 Å². The van der Waals surface area contributed by atoms with Gasteiger partial charge >= 0.3 is 6.18 Å². The zero-order valence-corrected chi connectivity index (χ0v) is 13.8. The number of nitro groups is 1. The van der Waals surface area contributed by atoms with Crippen LogP contribution in [0.5, 0.6) is 0 Å². The van der Waals surface area contributed by atoms with E-state index in [0.717, 1.165) is 17.0 Å². The predicted molar refractivity (Wildman–Crippen MR) is 87.7 cm³/mol. The average Bonchev–Trinajstić information content (AvgIpc) is 2.59. The minimum Gasteiger partial charge on any atom is -0.355 e. The number of quaternary nitrogens is 1. The van der Waals surface area contributed by atoms with Crippen LogP contribution in [-0.4, -0.2) is 50.1 Å². The minimum absolute atomic E-state index is 0.149. The first-order valence-electron chi connectivity index (χ1n) is 7.86. The van der Waals surface area contributed by atoms with E-state index in [2.05, 4.69) is 11.2 Å². The molecule has 0 saturated carbocycles. The van der Waals surface area contributed by atoms with E-state index in [1.807, 2.05) is 0 Å². The second-order valence-corrected chi connectivity index (χ2v) is 5.85. The fourth-order valence-corrected chi connectivity index (χ4v) is 2.79. The quantitative estimate of drug-likeness (QED) is 0.436. The van der Waals surface area contributed by atoms with Crippen LogP contribution in [-0.2, 0) is 11.0 Å². The summed E-state index contributed by atoms with van der Waals surface area (Å²) in [6.45, 7) is 2.22. The fourth-order valence-electron chi connectivity index (χ4n) is 2.79. The molecule has 1 aromatic rings. The fraction of sp³-hybridized carbons (Fsp3) is 0.438. The van der Waals surface area contributed by atoms with Gasteiger partial charge in [0.2, 0.25) is 0 Å². The third-order valence-electron chi connectivity index (χ3n) is 4.11. The van der Waals surface area contributed by atoms with Crippen molar-refractivity contribution < 1.29 is 27.8 Å². The SMILES string of the molecule is C#CCNC(=O)C[NH+]1CCN(c2ccc(C(F)(F)F)cc2[N+](=O)[O-])CC1. The van der Waals surface area contributed by atoms with Crippen molar-refractivity contribution in [3.8, 4) is 12.3 Å². The highest BCUT2D eigenvalue weighted by molar-refractivity contribution is 5.77. The molecule has 1 aromatic carbocycles. The first-order chi connectivity index (χ1) is 12.2. The number of halogens is 3. The van der Waals surface area contributed by atoms with Crippen LogP contribution in [0, 0.1) is 22.5 Å². The second-order valence-electron chi connectivity index (χ2n) is 5.85. The molecule has 1 saturated heterocycles.